The maximum atomic E-state index is 11.2. The minimum absolute atomic E-state index is 0. The molecule has 4 rings (SSSR count). The maximum Gasteiger partial charge on any atom is 1.00 e. The van der Waals surface area contributed by atoms with Crippen LogP contribution in [0.2, 0.25) is 0 Å². The number of nitrogens with one attached hydrogen (secondary N) is 1. The topological polar surface area (TPSA) is 55.4 Å². The van der Waals surface area contributed by atoms with Gasteiger partial charge in [-0.15, -0.1) is 0 Å². The van der Waals surface area contributed by atoms with Crippen LogP contribution in [0.25, 0.3) is 0 Å². The molecule has 10 atom stereocenters. The molecule has 0 aromatic heterocycles. The molecule has 1 amide bonds. The Balaban J connectivity index is 0.00000400. The van der Waals surface area contributed by atoms with Crippen LogP contribution in [0.4, 0.5) is 4.79 Å². The fraction of sp³-hybridized carbons (Fsp3) is 0.938. The number of fused-ring (bicyclic) bond motifs is 5. The van der Waals surface area contributed by atoms with Gasteiger partial charge in [0.2, 0.25) is 5.65 Å². The smallest absolute Gasteiger partial charge is 0.542 e. The van der Waals surface area contributed by atoms with E-state index < -0.39 is 0 Å². The molecule has 0 aliphatic heterocycles. The molecule has 212 valence electrons. The molecule has 6 heteroatoms. The molecule has 38 heavy (non-hydrogen) atoms. The third-order valence-electron chi connectivity index (χ3n) is 13.0. The molecule has 10 unspecified atom stereocenters. The molecule has 0 radical (unpaired) electrons. The zero-order chi connectivity index (χ0) is 27.4. The molecule has 1 N–H and O–H groups in total. The normalized spacial score (nSPS) is 43.6. The second-order valence-corrected chi connectivity index (χ2v) is 16.2. The molecule has 0 bridgehead atoms. The molecule has 4 nitrogen and oxygen atoms in total. The average Bonchev–Trinajstić information content (AvgIpc) is 3.15. The van der Waals surface area contributed by atoms with Crippen LogP contribution in [0, 0.1) is 57.2 Å². The minimum atomic E-state index is -0.0963. The standard InChI is InChI=1S/C32H55NO3P.K/c1-21(10-9-16-34)23-11-12-24-26-25(20-29(4,5)32(23,24)8)31(7)14-13-30(6,36-17-15-33-27(35)37)19-22(31)18-28(26,2)3;/h21-26H,9-15,17-20,37H2,1-8H3,(H,33,35);/q-1;+1. The van der Waals surface area contributed by atoms with Crippen molar-refractivity contribution in [1.29, 1.82) is 0 Å². The number of ether oxygens (including phenoxy) is 1. The van der Waals surface area contributed by atoms with Gasteiger partial charge >= 0.3 is 51.4 Å². The number of carbonyl (C=O) groups excluding carboxylic acids is 2. The Morgan fingerprint density at radius 2 is 1.71 bits per heavy atom. The van der Waals surface area contributed by atoms with Crippen molar-refractivity contribution in [2.24, 2.45) is 57.2 Å². The summed E-state index contributed by atoms with van der Waals surface area (Å²) in [6, 6.07) is 0. The van der Waals surface area contributed by atoms with Crippen LogP contribution in [0.5, 0.6) is 0 Å². The van der Waals surface area contributed by atoms with Gasteiger partial charge in [0.15, 0.2) is 0 Å². The van der Waals surface area contributed by atoms with E-state index in [0.717, 1.165) is 37.0 Å². The third kappa shape index (κ3) is 5.85. The van der Waals surface area contributed by atoms with Crippen LogP contribution in [0.15, 0.2) is 0 Å². The van der Waals surface area contributed by atoms with Gasteiger partial charge in [-0.2, -0.15) is 6.42 Å². The van der Waals surface area contributed by atoms with Crippen LogP contribution in [-0.4, -0.2) is 30.7 Å². The van der Waals surface area contributed by atoms with Crippen molar-refractivity contribution < 1.29 is 65.7 Å². The second-order valence-electron chi connectivity index (χ2n) is 15.6. The van der Waals surface area contributed by atoms with E-state index in [0.29, 0.717) is 53.6 Å². The van der Waals surface area contributed by atoms with Crippen molar-refractivity contribution in [3.05, 3.63) is 0 Å². The average molecular weight is 572 g/mol. The molecule has 0 aromatic rings. The second kappa shape index (κ2) is 12.0. The molecule has 0 spiro atoms. The first-order chi connectivity index (χ1) is 17.1. The van der Waals surface area contributed by atoms with Gasteiger partial charge in [-0.3, -0.25) is 11.1 Å². The van der Waals surface area contributed by atoms with Gasteiger partial charge in [0.25, 0.3) is 0 Å². The monoisotopic (exact) mass is 571 g/mol. The molecule has 0 saturated heterocycles. The van der Waals surface area contributed by atoms with E-state index in [-0.39, 0.29) is 68.0 Å². The number of rotatable bonds is 8. The number of hydrogen-bond donors (Lipinski definition) is 1. The number of amides is 1. The summed E-state index contributed by atoms with van der Waals surface area (Å²) in [7, 11) is 2.18. The molecule has 0 heterocycles. The van der Waals surface area contributed by atoms with E-state index >= 15 is 0 Å². The SMILES string of the molecule is CC(CC[C-]=O)C1CCC2C3C(CC(C)(C)C12C)C1(C)CCC(C)(OCCNC(=O)P)CC1CC3(C)C.[K+]. The van der Waals surface area contributed by atoms with E-state index in [1.54, 1.807) is 0 Å². The van der Waals surface area contributed by atoms with Gasteiger partial charge in [0.05, 0.1) is 12.2 Å². The van der Waals surface area contributed by atoms with Gasteiger partial charge < -0.3 is 14.8 Å². The first kappa shape index (κ1) is 33.7. The van der Waals surface area contributed by atoms with E-state index in [1.165, 1.54) is 32.1 Å². The van der Waals surface area contributed by atoms with Crippen LogP contribution in [0.3, 0.4) is 0 Å². The van der Waals surface area contributed by atoms with Gasteiger partial charge in [-0.05, 0) is 118 Å². The predicted octanol–water partition coefficient (Wildman–Crippen LogP) is 4.81. The van der Waals surface area contributed by atoms with E-state index in [2.05, 4.69) is 76.2 Å². The van der Waals surface area contributed by atoms with E-state index in [9.17, 15) is 9.59 Å². The van der Waals surface area contributed by atoms with E-state index in [1.807, 2.05) is 0 Å². The number of hydrogen-bond acceptors (Lipinski definition) is 3. The van der Waals surface area contributed by atoms with Gasteiger partial charge in [0.1, 0.15) is 0 Å². The van der Waals surface area contributed by atoms with Crippen molar-refractivity contribution in [2.45, 2.75) is 119 Å². The van der Waals surface area contributed by atoms with Crippen molar-refractivity contribution in [3.8, 4) is 0 Å². The summed E-state index contributed by atoms with van der Waals surface area (Å²) in [6.45, 7) is 21.5. The minimum Gasteiger partial charge on any atom is -0.542 e. The summed E-state index contributed by atoms with van der Waals surface area (Å²) in [5, 5.41) is 2.85. The van der Waals surface area contributed by atoms with Crippen LogP contribution < -0.4 is 56.7 Å². The Morgan fingerprint density at radius 3 is 2.34 bits per heavy atom. The van der Waals surface area contributed by atoms with Gasteiger partial charge in [-0.25, -0.2) is 0 Å². The Hall–Kier alpha value is 1.17. The number of carbonyl (C=O) groups is 1. The fourth-order valence-electron chi connectivity index (χ4n) is 10.8. The zero-order valence-electron chi connectivity index (χ0n) is 26.0. The van der Waals surface area contributed by atoms with Crippen molar-refractivity contribution in [1.82, 2.24) is 5.32 Å². The third-order valence-corrected chi connectivity index (χ3v) is 13.2. The molecular weight excluding hydrogens is 516 g/mol. The summed E-state index contributed by atoms with van der Waals surface area (Å²) in [5.74, 6) is 4.26. The molecule has 4 saturated carbocycles. The van der Waals surface area contributed by atoms with Crippen LogP contribution in [0.1, 0.15) is 113 Å². The van der Waals surface area contributed by atoms with Crippen molar-refractivity contribution in [2.75, 3.05) is 13.2 Å². The van der Waals surface area contributed by atoms with E-state index in [4.69, 9.17) is 4.74 Å². The van der Waals surface area contributed by atoms with Gasteiger partial charge in [0, 0.05) is 6.54 Å². The molecule has 4 aliphatic carbocycles. The Bertz CT molecular complexity index is 879. The maximum absolute atomic E-state index is 11.2. The summed E-state index contributed by atoms with van der Waals surface area (Å²) in [6.07, 6.45) is 12.5. The largest absolute Gasteiger partial charge is 1.00 e. The summed E-state index contributed by atoms with van der Waals surface area (Å²) in [5.41, 5.74) is 1.13. The molecule has 0 aromatic carbocycles. The summed E-state index contributed by atoms with van der Waals surface area (Å²) in [4.78, 5) is 22.3. The van der Waals surface area contributed by atoms with Crippen LogP contribution in [-0.2, 0) is 9.53 Å². The predicted molar refractivity (Wildman–Crippen MR) is 155 cm³/mol. The summed E-state index contributed by atoms with van der Waals surface area (Å²) < 4.78 is 6.47. The Kier molecular flexibility index (Phi) is 10.7. The molecular formula is C32H55KNO3P. The van der Waals surface area contributed by atoms with Gasteiger partial charge in [-0.1, -0.05) is 54.9 Å². The zero-order valence-corrected chi connectivity index (χ0v) is 30.3. The van der Waals surface area contributed by atoms with Crippen LogP contribution >= 0.6 is 9.24 Å². The quantitative estimate of drug-likeness (QED) is 0.197. The fourth-order valence-corrected chi connectivity index (χ4v) is 11.0. The molecule has 4 aliphatic rings. The summed E-state index contributed by atoms with van der Waals surface area (Å²) >= 11 is 0. The Morgan fingerprint density at radius 1 is 1.03 bits per heavy atom. The Labute approximate surface area is 278 Å². The first-order valence-corrected chi connectivity index (χ1v) is 15.7. The van der Waals surface area contributed by atoms with Crippen molar-refractivity contribution in [3.63, 3.8) is 0 Å². The van der Waals surface area contributed by atoms with Crippen molar-refractivity contribution >= 4 is 21.2 Å². The molecule has 4 fully saturated rings. The first-order valence-electron chi connectivity index (χ1n) is 15.1.